The maximum atomic E-state index is 12.9. The molecule has 1 N–H and O–H groups in total. The Labute approximate surface area is 150 Å². The molecule has 3 aromatic rings. The van der Waals surface area contributed by atoms with E-state index in [1.807, 2.05) is 6.07 Å². The number of aliphatic hydroxyl groups is 1. The van der Waals surface area contributed by atoms with E-state index in [-0.39, 0.29) is 10.4 Å². The zero-order valence-corrected chi connectivity index (χ0v) is 14.0. The molecule has 0 aliphatic carbocycles. The van der Waals surface area contributed by atoms with Crippen LogP contribution in [0.4, 0.5) is 13.2 Å². The van der Waals surface area contributed by atoms with Gasteiger partial charge in [0, 0.05) is 9.58 Å². The van der Waals surface area contributed by atoms with E-state index in [0.717, 1.165) is 39.6 Å². The van der Waals surface area contributed by atoms with Gasteiger partial charge in [0.15, 0.2) is 5.41 Å². The number of benzene rings is 2. The van der Waals surface area contributed by atoms with Crippen molar-refractivity contribution in [1.82, 2.24) is 0 Å². The molecule has 0 spiro atoms. The first kappa shape index (κ1) is 18.1. The molecule has 1 heterocycles. The first-order chi connectivity index (χ1) is 12.3. The second-order valence-corrected chi connectivity index (χ2v) is 6.86. The molecule has 7 heteroatoms. The second kappa shape index (κ2) is 6.56. The molecule has 0 radical (unpaired) electrons. The van der Waals surface area contributed by atoms with Crippen LogP contribution in [0.3, 0.4) is 0 Å². The number of halogens is 3. The first-order valence-corrected chi connectivity index (χ1v) is 8.35. The lowest BCUT2D eigenvalue weighted by atomic mass is 9.79. The van der Waals surface area contributed by atoms with Crippen LogP contribution in [0.25, 0.3) is 10.1 Å². The number of carbonyl (C=O) groups is 1. The zero-order chi connectivity index (χ0) is 18.9. The summed E-state index contributed by atoms with van der Waals surface area (Å²) in [4.78, 5) is 12.1. The molecular weight excluding hydrogens is 363 g/mol. The maximum absolute atomic E-state index is 12.9. The summed E-state index contributed by atoms with van der Waals surface area (Å²) < 4.78 is 39.6. The number of carbonyl (C=O) groups excluding carboxylic acids is 1. The van der Waals surface area contributed by atoms with Gasteiger partial charge in [-0.2, -0.15) is 18.4 Å². The maximum Gasteiger partial charge on any atom is 0.416 e. The Morgan fingerprint density at radius 1 is 1.12 bits per heavy atom. The van der Waals surface area contributed by atoms with Gasteiger partial charge in [0.1, 0.15) is 12.4 Å². The molecule has 2 aromatic carbocycles. The third kappa shape index (κ3) is 2.98. The van der Waals surface area contributed by atoms with Crippen LogP contribution < -0.4 is 0 Å². The summed E-state index contributed by atoms with van der Waals surface area (Å²) in [7, 11) is 0. The molecule has 0 amide bonds. The van der Waals surface area contributed by atoms with Crippen molar-refractivity contribution in [3.8, 4) is 6.07 Å². The lowest BCUT2D eigenvalue weighted by Gasteiger charge is -2.26. The molecule has 0 saturated carbocycles. The van der Waals surface area contributed by atoms with Crippen LogP contribution in [0.15, 0.2) is 54.6 Å². The number of aldehydes is 1. The molecule has 26 heavy (non-hydrogen) atoms. The normalized spacial score (nSPS) is 15.2. The van der Waals surface area contributed by atoms with Gasteiger partial charge in [0.05, 0.1) is 11.6 Å². The molecule has 3 nitrogen and oxygen atoms in total. The summed E-state index contributed by atoms with van der Waals surface area (Å²) >= 11 is 1.15. The average molecular weight is 375 g/mol. The summed E-state index contributed by atoms with van der Waals surface area (Å²) in [6.07, 6.45) is -6.03. The largest absolute Gasteiger partial charge is 0.416 e. The lowest BCUT2D eigenvalue weighted by molar-refractivity contribution is -0.137. The van der Waals surface area contributed by atoms with Gasteiger partial charge in [-0.15, -0.1) is 11.3 Å². The number of alkyl halides is 3. The van der Waals surface area contributed by atoms with E-state index in [0.29, 0.717) is 6.29 Å². The Morgan fingerprint density at radius 2 is 1.85 bits per heavy atom. The SMILES string of the molecule is N#CC(C=O)(c1cc2ccccc2s1)C(O)c1cccc(C(F)(F)F)c1. The van der Waals surface area contributed by atoms with Crippen LogP contribution in [-0.4, -0.2) is 11.4 Å². The minimum absolute atomic E-state index is 0.147. The Bertz CT molecular complexity index is 973. The summed E-state index contributed by atoms with van der Waals surface area (Å²) in [6.45, 7) is 0. The first-order valence-electron chi connectivity index (χ1n) is 7.53. The van der Waals surface area contributed by atoms with Gasteiger partial charge in [-0.25, -0.2) is 0 Å². The lowest BCUT2D eigenvalue weighted by Crippen LogP contribution is -2.33. The van der Waals surface area contributed by atoms with Gasteiger partial charge >= 0.3 is 6.18 Å². The minimum atomic E-state index is -4.59. The van der Waals surface area contributed by atoms with E-state index >= 15 is 0 Å². The summed E-state index contributed by atoms with van der Waals surface area (Å²) in [5, 5.41) is 21.1. The summed E-state index contributed by atoms with van der Waals surface area (Å²) in [5.41, 5.74) is -3.09. The van der Waals surface area contributed by atoms with Crippen molar-refractivity contribution in [2.45, 2.75) is 17.7 Å². The fourth-order valence-electron chi connectivity index (χ4n) is 2.73. The predicted molar refractivity (Wildman–Crippen MR) is 91.6 cm³/mol. The van der Waals surface area contributed by atoms with E-state index in [1.165, 1.54) is 6.07 Å². The van der Waals surface area contributed by atoms with Gasteiger partial charge in [0.2, 0.25) is 0 Å². The smallest absolute Gasteiger partial charge is 0.386 e. The van der Waals surface area contributed by atoms with Gasteiger partial charge in [-0.1, -0.05) is 30.3 Å². The quantitative estimate of drug-likeness (QED) is 0.677. The summed E-state index contributed by atoms with van der Waals surface area (Å²) in [6, 6.07) is 14.6. The number of rotatable bonds is 4. The van der Waals surface area contributed by atoms with E-state index in [4.69, 9.17) is 0 Å². The standard InChI is InChI=1S/C19H12F3NO2S/c20-19(21,22)14-6-3-5-13(8-14)17(25)18(10-23,11-24)16-9-12-4-1-2-7-15(12)26-16/h1-9,11,17,25H. The highest BCUT2D eigenvalue weighted by molar-refractivity contribution is 7.19. The summed E-state index contributed by atoms with van der Waals surface area (Å²) in [5.74, 6) is 0. The van der Waals surface area contributed by atoms with Crippen molar-refractivity contribution >= 4 is 27.7 Å². The molecule has 0 fully saturated rings. The molecule has 2 unspecified atom stereocenters. The fourth-order valence-corrected chi connectivity index (χ4v) is 3.92. The topological polar surface area (TPSA) is 61.1 Å². The number of hydrogen-bond donors (Lipinski definition) is 1. The highest BCUT2D eigenvalue weighted by Crippen LogP contribution is 2.42. The molecule has 0 aliphatic rings. The van der Waals surface area contributed by atoms with E-state index < -0.39 is 23.3 Å². The Kier molecular flexibility index (Phi) is 4.57. The van der Waals surface area contributed by atoms with Crippen LogP contribution in [0.1, 0.15) is 22.1 Å². The number of nitrogens with zero attached hydrogens (tertiary/aromatic N) is 1. The highest BCUT2D eigenvalue weighted by Gasteiger charge is 2.43. The molecule has 2 atom stereocenters. The van der Waals surface area contributed by atoms with Crippen molar-refractivity contribution in [2.75, 3.05) is 0 Å². The van der Waals surface area contributed by atoms with Crippen LogP contribution in [0, 0.1) is 11.3 Å². The number of aliphatic hydroxyl groups excluding tert-OH is 1. The number of hydrogen-bond acceptors (Lipinski definition) is 4. The van der Waals surface area contributed by atoms with Crippen molar-refractivity contribution in [3.05, 3.63) is 70.6 Å². The van der Waals surface area contributed by atoms with Crippen LogP contribution >= 0.6 is 11.3 Å². The van der Waals surface area contributed by atoms with Crippen LogP contribution in [0.2, 0.25) is 0 Å². The Balaban J connectivity index is 2.13. The number of nitriles is 1. The second-order valence-electron chi connectivity index (χ2n) is 5.77. The number of thiophene rings is 1. The number of fused-ring (bicyclic) bond motifs is 1. The van der Waals surface area contributed by atoms with E-state index in [1.54, 1.807) is 30.3 Å². The van der Waals surface area contributed by atoms with E-state index in [9.17, 15) is 28.3 Å². The van der Waals surface area contributed by atoms with Crippen molar-refractivity contribution in [3.63, 3.8) is 0 Å². The Morgan fingerprint density at radius 3 is 2.46 bits per heavy atom. The monoisotopic (exact) mass is 375 g/mol. The van der Waals surface area contributed by atoms with Gasteiger partial charge < -0.3 is 9.90 Å². The predicted octanol–water partition coefficient (Wildman–Crippen LogP) is 4.61. The molecule has 132 valence electrons. The van der Waals surface area contributed by atoms with Gasteiger partial charge in [-0.05, 0) is 35.2 Å². The zero-order valence-electron chi connectivity index (χ0n) is 13.2. The third-order valence-electron chi connectivity index (χ3n) is 4.17. The minimum Gasteiger partial charge on any atom is -0.386 e. The molecular formula is C19H12F3NO2S. The molecule has 0 saturated heterocycles. The molecule has 0 aliphatic heterocycles. The molecule has 0 bridgehead atoms. The van der Waals surface area contributed by atoms with Gasteiger partial charge in [-0.3, -0.25) is 0 Å². The fraction of sp³-hybridized carbons (Fsp3) is 0.158. The van der Waals surface area contributed by atoms with Crippen molar-refractivity contribution in [1.29, 1.82) is 5.26 Å². The van der Waals surface area contributed by atoms with Crippen LogP contribution in [0.5, 0.6) is 0 Å². The third-order valence-corrected chi connectivity index (χ3v) is 5.43. The molecule has 3 rings (SSSR count). The van der Waals surface area contributed by atoms with Gasteiger partial charge in [0.25, 0.3) is 0 Å². The Hall–Kier alpha value is -2.69. The van der Waals surface area contributed by atoms with Crippen molar-refractivity contribution < 1.29 is 23.1 Å². The van der Waals surface area contributed by atoms with E-state index in [2.05, 4.69) is 0 Å². The average Bonchev–Trinajstić information content (AvgIpc) is 3.07. The molecule has 1 aromatic heterocycles. The highest BCUT2D eigenvalue weighted by atomic mass is 32.1. The van der Waals surface area contributed by atoms with Crippen molar-refractivity contribution in [2.24, 2.45) is 0 Å². The van der Waals surface area contributed by atoms with Crippen LogP contribution in [-0.2, 0) is 16.4 Å².